The molecule has 0 saturated carbocycles. The van der Waals surface area contributed by atoms with E-state index in [1.54, 1.807) is 0 Å². The minimum Gasteiger partial charge on any atom is -0.281 e. The summed E-state index contributed by atoms with van der Waals surface area (Å²) in [6, 6.07) is 8.68. The van der Waals surface area contributed by atoms with Crippen LogP contribution in [0, 0.1) is 0 Å². The highest BCUT2D eigenvalue weighted by Crippen LogP contribution is 2.19. The fraction of sp³-hybridized carbons (Fsp3) is 0.500. The average molecular weight is 239 g/mol. The summed E-state index contributed by atoms with van der Waals surface area (Å²) in [5.74, 6) is 0.624. The molecule has 1 unspecified atom stereocenters. The van der Waals surface area contributed by atoms with Crippen LogP contribution in [0.5, 0.6) is 0 Å². The molecule has 0 N–H and O–H groups in total. The number of halogens is 1. The van der Waals surface area contributed by atoms with Crippen LogP contribution >= 0.6 is 11.6 Å². The molecule has 0 aromatic heterocycles. The molecule has 16 heavy (non-hydrogen) atoms. The van der Waals surface area contributed by atoms with Gasteiger partial charge in [0.05, 0.1) is 0 Å². The van der Waals surface area contributed by atoms with Crippen LogP contribution in [0.1, 0.15) is 50.2 Å². The van der Waals surface area contributed by atoms with E-state index >= 15 is 0 Å². The van der Waals surface area contributed by atoms with E-state index < -0.39 is 0 Å². The molecule has 0 aliphatic heterocycles. The van der Waals surface area contributed by atoms with Gasteiger partial charge in [0.15, 0.2) is 0 Å². The average Bonchev–Trinajstić information content (AvgIpc) is 2.28. The van der Waals surface area contributed by atoms with Crippen LogP contribution in [-0.2, 0) is 11.2 Å². The number of aryl methyl sites for hydroxylation is 1. The fourth-order valence-electron chi connectivity index (χ4n) is 1.68. The van der Waals surface area contributed by atoms with E-state index in [-0.39, 0.29) is 5.24 Å². The van der Waals surface area contributed by atoms with E-state index in [2.05, 4.69) is 38.1 Å². The molecule has 1 rings (SSSR count). The maximum Gasteiger partial charge on any atom is 0.221 e. The van der Waals surface area contributed by atoms with E-state index in [4.69, 9.17) is 11.6 Å². The van der Waals surface area contributed by atoms with Crippen molar-refractivity contribution in [3.63, 3.8) is 0 Å². The third kappa shape index (κ3) is 4.36. The highest BCUT2D eigenvalue weighted by atomic mass is 35.5. The number of carbonyl (C=O) groups excluding carboxylic acids is 1. The number of rotatable bonds is 6. The van der Waals surface area contributed by atoms with Crippen molar-refractivity contribution < 1.29 is 4.79 Å². The predicted octanol–water partition coefficient (Wildman–Crippen LogP) is 4.29. The second kappa shape index (κ2) is 6.70. The summed E-state index contributed by atoms with van der Waals surface area (Å²) < 4.78 is 0. The Balaban J connectivity index is 2.48. The van der Waals surface area contributed by atoms with E-state index in [0.717, 1.165) is 12.8 Å². The maximum atomic E-state index is 10.6. The molecule has 0 spiro atoms. The van der Waals surface area contributed by atoms with Crippen LogP contribution in [0.2, 0.25) is 0 Å². The molecule has 1 aromatic carbocycles. The summed E-state index contributed by atoms with van der Waals surface area (Å²) in [6.45, 7) is 4.44. The monoisotopic (exact) mass is 238 g/mol. The molecule has 1 aromatic rings. The van der Waals surface area contributed by atoms with Crippen LogP contribution in [0.4, 0.5) is 0 Å². The lowest BCUT2D eigenvalue weighted by Crippen LogP contribution is -1.93. The topological polar surface area (TPSA) is 17.1 Å². The van der Waals surface area contributed by atoms with Crippen LogP contribution in [0.3, 0.4) is 0 Å². The molecule has 0 aliphatic rings. The quantitative estimate of drug-likeness (QED) is 0.676. The zero-order valence-corrected chi connectivity index (χ0v) is 10.8. The zero-order valence-electron chi connectivity index (χ0n) is 10.0. The van der Waals surface area contributed by atoms with Gasteiger partial charge in [0.25, 0.3) is 0 Å². The molecule has 0 fully saturated rings. The minimum absolute atomic E-state index is 0.240. The van der Waals surface area contributed by atoms with Gasteiger partial charge in [-0.2, -0.15) is 0 Å². The Labute approximate surface area is 103 Å². The lowest BCUT2D eigenvalue weighted by Gasteiger charge is -2.09. The third-order valence-electron chi connectivity index (χ3n) is 3.00. The lowest BCUT2D eigenvalue weighted by atomic mass is 9.96. The van der Waals surface area contributed by atoms with Gasteiger partial charge in [-0.25, -0.2) is 0 Å². The lowest BCUT2D eigenvalue weighted by molar-refractivity contribution is -0.111. The number of carbonyl (C=O) groups is 1. The Bertz CT molecular complexity index is 329. The number of hydrogen-bond acceptors (Lipinski definition) is 1. The van der Waals surface area contributed by atoms with Crippen molar-refractivity contribution in [1.82, 2.24) is 0 Å². The Morgan fingerprint density at radius 2 is 1.94 bits per heavy atom. The van der Waals surface area contributed by atoms with Crippen molar-refractivity contribution in [1.29, 1.82) is 0 Å². The van der Waals surface area contributed by atoms with Gasteiger partial charge in [-0.1, -0.05) is 38.1 Å². The maximum absolute atomic E-state index is 10.6. The van der Waals surface area contributed by atoms with Gasteiger partial charge < -0.3 is 0 Å². The molecule has 0 aliphatic carbocycles. The van der Waals surface area contributed by atoms with Gasteiger partial charge in [-0.15, -0.1) is 0 Å². The Hall–Kier alpha value is -0.820. The minimum atomic E-state index is -0.240. The molecule has 88 valence electrons. The SMILES string of the molecule is CCC(C)c1ccc(CCCC(=O)Cl)cc1. The van der Waals surface area contributed by atoms with Crippen LogP contribution in [-0.4, -0.2) is 5.24 Å². The van der Waals surface area contributed by atoms with E-state index in [9.17, 15) is 4.79 Å². The van der Waals surface area contributed by atoms with Gasteiger partial charge >= 0.3 is 0 Å². The Kier molecular flexibility index (Phi) is 5.54. The van der Waals surface area contributed by atoms with Gasteiger partial charge in [0.2, 0.25) is 5.24 Å². The molecule has 0 saturated heterocycles. The largest absolute Gasteiger partial charge is 0.281 e. The number of benzene rings is 1. The van der Waals surface area contributed by atoms with Crippen molar-refractivity contribution in [2.24, 2.45) is 0 Å². The normalized spacial score (nSPS) is 12.4. The smallest absolute Gasteiger partial charge is 0.221 e. The molecule has 0 bridgehead atoms. The number of hydrogen-bond donors (Lipinski definition) is 0. The van der Waals surface area contributed by atoms with Gasteiger partial charge in [0.1, 0.15) is 0 Å². The van der Waals surface area contributed by atoms with Gasteiger partial charge in [0, 0.05) is 6.42 Å². The summed E-state index contributed by atoms with van der Waals surface area (Å²) >= 11 is 5.29. The van der Waals surface area contributed by atoms with Crippen molar-refractivity contribution in [3.8, 4) is 0 Å². The van der Waals surface area contributed by atoms with Crippen LogP contribution in [0.25, 0.3) is 0 Å². The highest BCUT2D eigenvalue weighted by Gasteiger charge is 2.02. The van der Waals surface area contributed by atoms with Crippen molar-refractivity contribution in [3.05, 3.63) is 35.4 Å². The molecular weight excluding hydrogens is 220 g/mol. The first-order valence-corrected chi connectivity index (χ1v) is 6.28. The fourth-order valence-corrected chi connectivity index (χ4v) is 1.81. The second-order valence-electron chi connectivity index (χ2n) is 4.26. The molecular formula is C14H19ClO. The molecule has 0 radical (unpaired) electrons. The summed E-state index contributed by atoms with van der Waals surface area (Å²) in [7, 11) is 0. The summed E-state index contributed by atoms with van der Waals surface area (Å²) in [5, 5.41) is -0.240. The third-order valence-corrected chi connectivity index (χ3v) is 3.19. The van der Waals surface area contributed by atoms with Gasteiger partial charge in [-0.05, 0) is 47.9 Å². The van der Waals surface area contributed by atoms with Crippen LogP contribution in [0.15, 0.2) is 24.3 Å². The predicted molar refractivity (Wildman–Crippen MR) is 68.9 cm³/mol. The Morgan fingerprint density at radius 1 is 1.31 bits per heavy atom. The highest BCUT2D eigenvalue weighted by molar-refractivity contribution is 6.63. The summed E-state index contributed by atoms with van der Waals surface area (Å²) in [6.07, 6.45) is 3.40. The first kappa shape index (κ1) is 13.2. The first-order valence-electron chi connectivity index (χ1n) is 5.90. The summed E-state index contributed by atoms with van der Waals surface area (Å²) in [4.78, 5) is 10.6. The van der Waals surface area contributed by atoms with Crippen LogP contribution < -0.4 is 0 Å². The Morgan fingerprint density at radius 3 is 2.44 bits per heavy atom. The summed E-state index contributed by atoms with van der Waals surface area (Å²) in [5.41, 5.74) is 2.67. The first-order chi connectivity index (χ1) is 7.63. The molecule has 1 atom stereocenters. The van der Waals surface area contributed by atoms with E-state index in [1.165, 1.54) is 17.5 Å². The standard InChI is InChI=1S/C14H19ClO/c1-3-11(2)13-9-7-12(8-10-13)5-4-6-14(15)16/h7-11H,3-6H2,1-2H3. The van der Waals surface area contributed by atoms with Crippen molar-refractivity contribution >= 4 is 16.8 Å². The molecule has 0 amide bonds. The van der Waals surface area contributed by atoms with Crippen molar-refractivity contribution in [2.45, 2.75) is 45.4 Å². The van der Waals surface area contributed by atoms with Gasteiger partial charge in [-0.3, -0.25) is 4.79 Å². The molecule has 2 heteroatoms. The van der Waals surface area contributed by atoms with E-state index in [0.29, 0.717) is 12.3 Å². The molecule has 0 heterocycles. The second-order valence-corrected chi connectivity index (χ2v) is 4.68. The van der Waals surface area contributed by atoms with E-state index in [1.807, 2.05) is 0 Å². The zero-order chi connectivity index (χ0) is 12.0. The van der Waals surface area contributed by atoms with Crippen molar-refractivity contribution in [2.75, 3.05) is 0 Å². The molecule has 1 nitrogen and oxygen atoms in total.